The second-order valence-electron chi connectivity index (χ2n) is 4.10. The number of carbonyl (C=O) groups is 1. The highest BCUT2D eigenvalue weighted by Crippen LogP contribution is 2.39. The maximum atomic E-state index is 11.3. The van der Waals surface area contributed by atoms with Crippen LogP contribution >= 0.6 is 0 Å². The zero-order valence-corrected chi connectivity index (χ0v) is 13.1. The third-order valence-corrected chi connectivity index (χ3v) is 2.60. The molecule has 1 aromatic rings. The Balaban J connectivity index is 3.16. The second kappa shape index (κ2) is 9.36. The van der Waals surface area contributed by atoms with Crippen molar-refractivity contribution in [2.24, 2.45) is 4.99 Å². The Morgan fingerprint density at radius 3 is 2.61 bits per heavy atom. The molecule has 0 aliphatic rings. The summed E-state index contributed by atoms with van der Waals surface area (Å²) in [6.07, 6.45) is 0.872. The summed E-state index contributed by atoms with van der Waals surface area (Å²) in [6, 6.07) is 2.50. The van der Waals surface area contributed by atoms with E-state index >= 15 is 0 Å². The average Bonchev–Trinajstić information content (AvgIpc) is 2.53. The van der Waals surface area contributed by atoms with Gasteiger partial charge in [-0.05, 0) is 6.92 Å². The fourth-order valence-corrected chi connectivity index (χ4v) is 1.60. The molecule has 9 nitrogen and oxygen atoms in total. The molecule has 0 bridgehead atoms. The molecular weight excluding hydrogens is 308 g/mol. The van der Waals surface area contributed by atoms with Crippen molar-refractivity contribution in [3.8, 4) is 11.5 Å². The van der Waals surface area contributed by atoms with E-state index in [1.54, 1.807) is 6.92 Å². The molecule has 0 heterocycles. The van der Waals surface area contributed by atoms with Gasteiger partial charge in [-0.15, -0.1) is 0 Å². The van der Waals surface area contributed by atoms with Crippen molar-refractivity contribution < 1.29 is 28.7 Å². The molecule has 0 spiro atoms. The fourth-order valence-electron chi connectivity index (χ4n) is 1.60. The van der Waals surface area contributed by atoms with Crippen LogP contribution < -0.4 is 9.47 Å². The van der Waals surface area contributed by atoms with Gasteiger partial charge in [-0.1, -0.05) is 0 Å². The summed E-state index contributed by atoms with van der Waals surface area (Å²) in [5.74, 6) is -0.256. The molecule has 0 saturated carbocycles. The van der Waals surface area contributed by atoms with Gasteiger partial charge in [-0.25, -0.2) is 9.79 Å². The van der Waals surface area contributed by atoms with Crippen molar-refractivity contribution in [3.05, 3.63) is 22.2 Å². The Morgan fingerprint density at radius 1 is 1.30 bits per heavy atom. The summed E-state index contributed by atoms with van der Waals surface area (Å²) in [5, 5.41) is 11.1. The summed E-state index contributed by atoms with van der Waals surface area (Å²) in [4.78, 5) is 25.6. The van der Waals surface area contributed by atoms with Crippen LogP contribution in [-0.2, 0) is 14.3 Å². The Hall–Kier alpha value is -2.68. The number of hydrogen-bond acceptors (Lipinski definition) is 8. The Morgan fingerprint density at radius 2 is 2.04 bits per heavy atom. The van der Waals surface area contributed by atoms with Crippen LogP contribution in [0.5, 0.6) is 11.5 Å². The molecule has 1 rings (SSSR count). The summed E-state index contributed by atoms with van der Waals surface area (Å²) in [5.41, 5.74) is -0.363. The van der Waals surface area contributed by atoms with Crippen molar-refractivity contribution in [2.75, 3.05) is 34.0 Å². The van der Waals surface area contributed by atoms with Gasteiger partial charge in [0.25, 0.3) is 5.69 Å². The quantitative estimate of drug-likeness (QED) is 0.224. The SMILES string of the molecule is CCOC(=O)/C=N\c1cc(OCCOC)c(OC)cc1[N+](=O)[O-]. The Kier molecular flexibility index (Phi) is 7.48. The molecule has 0 aliphatic carbocycles. The number of carbonyl (C=O) groups excluding carboxylic acids is 1. The highest BCUT2D eigenvalue weighted by molar-refractivity contribution is 6.23. The Bertz CT molecular complexity index is 587. The molecule has 0 saturated heterocycles. The monoisotopic (exact) mass is 326 g/mol. The van der Waals surface area contributed by atoms with E-state index in [1.165, 1.54) is 26.4 Å². The van der Waals surface area contributed by atoms with E-state index in [0.717, 1.165) is 6.21 Å². The van der Waals surface area contributed by atoms with Gasteiger partial charge >= 0.3 is 5.97 Å². The number of ether oxygens (including phenoxy) is 4. The van der Waals surface area contributed by atoms with Gasteiger partial charge in [0.1, 0.15) is 18.5 Å². The number of nitro groups is 1. The minimum absolute atomic E-state index is 0.0451. The first-order chi connectivity index (χ1) is 11.0. The molecule has 1 aromatic carbocycles. The minimum atomic E-state index is -0.695. The highest BCUT2D eigenvalue weighted by atomic mass is 16.6. The van der Waals surface area contributed by atoms with Gasteiger partial charge in [0.05, 0.1) is 31.3 Å². The van der Waals surface area contributed by atoms with Gasteiger partial charge in [-0.3, -0.25) is 10.1 Å². The molecule has 0 atom stereocenters. The van der Waals surface area contributed by atoms with Crippen LogP contribution in [0.15, 0.2) is 17.1 Å². The van der Waals surface area contributed by atoms with Crippen LogP contribution in [-0.4, -0.2) is 51.1 Å². The van der Waals surface area contributed by atoms with Crippen molar-refractivity contribution >= 4 is 23.6 Å². The van der Waals surface area contributed by atoms with Gasteiger partial charge in [0.15, 0.2) is 11.5 Å². The third kappa shape index (κ3) is 5.55. The summed E-state index contributed by atoms with van der Waals surface area (Å²) < 4.78 is 20.1. The smallest absolute Gasteiger partial charge is 0.349 e. The fraction of sp³-hybridized carbons (Fsp3) is 0.429. The first kappa shape index (κ1) is 18.4. The maximum absolute atomic E-state index is 11.3. The van der Waals surface area contributed by atoms with Crippen LogP contribution in [0.1, 0.15) is 6.92 Å². The van der Waals surface area contributed by atoms with Crippen molar-refractivity contribution in [3.63, 3.8) is 0 Å². The van der Waals surface area contributed by atoms with Gasteiger partial charge < -0.3 is 18.9 Å². The Labute approximate surface area is 133 Å². The van der Waals surface area contributed by atoms with Crippen molar-refractivity contribution in [1.82, 2.24) is 0 Å². The molecule has 0 fully saturated rings. The summed E-state index contributed by atoms with van der Waals surface area (Å²) in [7, 11) is 2.88. The molecular formula is C14H18N2O7. The number of esters is 1. The molecule has 126 valence electrons. The van der Waals surface area contributed by atoms with Crippen LogP contribution in [0, 0.1) is 10.1 Å². The zero-order chi connectivity index (χ0) is 17.2. The van der Waals surface area contributed by atoms with E-state index in [9.17, 15) is 14.9 Å². The largest absolute Gasteiger partial charge is 0.493 e. The molecule has 0 aromatic heterocycles. The van der Waals surface area contributed by atoms with Crippen LogP contribution in [0.4, 0.5) is 11.4 Å². The number of rotatable bonds is 9. The number of methoxy groups -OCH3 is 2. The molecule has 23 heavy (non-hydrogen) atoms. The lowest BCUT2D eigenvalue weighted by molar-refractivity contribution is -0.384. The summed E-state index contributed by atoms with van der Waals surface area (Å²) >= 11 is 0. The summed E-state index contributed by atoms with van der Waals surface area (Å²) in [6.45, 7) is 2.39. The zero-order valence-electron chi connectivity index (χ0n) is 13.1. The molecule has 0 aliphatic heterocycles. The van der Waals surface area contributed by atoms with E-state index in [2.05, 4.69) is 9.73 Å². The van der Waals surface area contributed by atoms with E-state index in [0.29, 0.717) is 6.61 Å². The number of hydrogen-bond donors (Lipinski definition) is 0. The average molecular weight is 326 g/mol. The van der Waals surface area contributed by atoms with Crippen molar-refractivity contribution in [1.29, 1.82) is 0 Å². The second-order valence-corrected chi connectivity index (χ2v) is 4.10. The molecule has 0 amide bonds. The van der Waals surface area contributed by atoms with Gasteiger partial charge in [-0.2, -0.15) is 0 Å². The standard InChI is InChI=1S/C14H18N2O7/c1-4-22-14(17)9-15-10-7-13(23-6-5-20-2)12(21-3)8-11(10)16(18)19/h7-9H,4-6H2,1-3H3/b15-9-. The number of nitrogens with zero attached hydrogens (tertiary/aromatic N) is 2. The number of aliphatic imine (C=N–C) groups is 1. The molecule has 0 unspecified atom stereocenters. The van der Waals surface area contributed by atoms with E-state index in [-0.39, 0.29) is 36.1 Å². The number of benzene rings is 1. The van der Waals surface area contributed by atoms with Crippen LogP contribution in [0.3, 0.4) is 0 Å². The van der Waals surface area contributed by atoms with E-state index in [4.69, 9.17) is 14.2 Å². The van der Waals surface area contributed by atoms with Crippen LogP contribution in [0.25, 0.3) is 0 Å². The lowest BCUT2D eigenvalue weighted by Crippen LogP contribution is -2.06. The van der Waals surface area contributed by atoms with E-state index < -0.39 is 10.9 Å². The first-order valence-corrected chi connectivity index (χ1v) is 6.72. The van der Waals surface area contributed by atoms with Gasteiger partial charge in [0.2, 0.25) is 0 Å². The number of nitro benzene ring substituents is 1. The topological polar surface area (TPSA) is 109 Å². The first-order valence-electron chi connectivity index (χ1n) is 6.72. The molecule has 0 N–H and O–H groups in total. The highest BCUT2D eigenvalue weighted by Gasteiger charge is 2.19. The molecule has 0 radical (unpaired) electrons. The van der Waals surface area contributed by atoms with Crippen LogP contribution in [0.2, 0.25) is 0 Å². The predicted molar refractivity (Wildman–Crippen MR) is 81.8 cm³/mol. The molecule has 9 heteroatoms. The minimum Gasteiger partial charge on any atom is -0.493 e. The van der Waals surface area contributed by atoms with Gasteiger partial charge in [0, 0.05) is 13.2 Å². The van der Waals surface area contributed by atoms with E-state index in [1.807, 2.05) is 0 Å². The normalized spacial score (nSPS) is 10.6. The maximum Gasteiger partial charge on any atom is 0.349 e. The predicted octanol–water partition coefficient (Wildman–Crippen LogP) is 1.89. The lowest BCUT2D eigenvalue weighted by Gasteiger charge is -2.11. The van der Waals surface area contributed by atoms with Crippen molar-refractivity contribution in [2.45, 2.75) is 6.92 Å². The third-order valence-electron chi connectivity index (χ3n) is 2.60. The lowest BCUT2D eigenvalue weighted by atomic mass is 10.2.